The number of amides is 1. The first kappa shape index (κ1) is 14.4. The highest BCUT2D eigenvalue weighted by Crippen LogP contribution is 2.48. The Labute approximate surface area is 127 Å². The largest absolute Gasteiger partial charge is 0.496 e. The number of methoxy groups -OCH3 is 1. The highest BCUT2D eigenvalue weighted by molar-refractivity contribution is 5.79. The number of rotatable bonds is 5. The van der Waals surface area contributed by atoms with Gasteiger partial charge in [-0.25, -0.2) is 0 Å². The highest BCUT2D eigenvalue weighted by atomic mass is 16.5. The molecule has 2 saturated carbocycles. The van der Waals surface area contributed by atoms with E-state index in [0.717, 1.165) is 24.5 Å². The average molecular weight is 287 g/mol. The van der Waals surface area contributed by atoms with Gasteiger partial charge in [0.1, 0.15) is 5.75 Å². The lowest BCUT2D eigenvalue weighted by Crippen LogP contribution is -2.34. The fourth-order valence-corrected chi connectivity index (χ4v) is 4.12. The second kappa shape index (κ2) is 6.08. The molecule has 0 aromatic heterocycles. The third kappa shape index (κ3) is 3.07. The first-order valence-electron chi connectivity index (χ1n) is 8.08. The van der Waals surface area contributed by atoms with E-state index >= 15 is 0 Å². The summed E-state index contributed by atoms with van der Waals surface area (Å²) in [5.74, 6) is 2.94. The molecular formula is C18H25NO2. The molecular weight excluding hydrogens is 262 g/mol. The Bertz CT molecular complexity index is 526. The molecule has 3 heteroatoms. The first-order valence-corrected chi connectivity index (χ1v) is 8.08. The van der Waals surface area contributed by atoms with Crippen LogP contribution in [-0.2, 0) is 11.2 Å². The van der Waals surface area contributed by atoms with Gasteiger partial charge >= 0.3 is 0 Å². The number of hydrogen-bond donors (Lipinski definition) is 1. The van der Waals surface area contributed by atoms with Gasteiger partial charge in [0.05, 0.1) is 7.11 Å². The van der Waals surface area contributed by atoms with Crippen molar-refractivity contribution in [1.29, 1.82) is 0 Å². The van der Waals surface area contributed by atoms with Gasteiger partial charge in [-0.05, 0) is 56.1 Å². The zero-order valence-corrected chi connectivity index (χ0v) is 13.0. The average Bonchev–Trinajstić information content (AvgIpc) is 3.10. The number of nitrogens with one attached hydrogen (secondary N) is 1. The van der Waals surface area contributed by atoms with Gasteiger partial charge in [-0.2, -0.15) is 0 Å². The van der Waals surface area contributed by atoms with Crippen LogP contribution < -0.4 is 10.1 Å². The Morgan fingerprint density at radius 2 is 2.19 bits per heavy atom. The van der Waals surface area contributed by atoms with E-state index in [0.29, 0.717) is 12.5 Å². The molecule has 1 aromatic carbocycles. The van der Waals surface area contributed by atoms with Crippen LogP contribution in [0.15, 0.2) is 18.2 Å². The van der Waals surface area contributed by atoms with E-state index in [9.17, 15) is 4.79 Å². The minimum Gasteiger partial charge on any atom is -0.496 e. The van der Waals surface area contributed by atoms with Crippen molar-refractivity contribution < 1.29 is 9.53 Å². The molecule has 3 nitrogen and oxygen atoms in total. The minimum atomic E-state index is 0.272. The zero-order valence-electron chi connectivity index (χ0n) is 13.0. The van der Waals surface area contributed by atoms with Gasteiger partial charge in [0.2, 0.25) is 5.91 Å². The second-order valence-corrected chi connectivity index (χ2v) is 6.64. The molecule has 3 rings (SSSR count). The standard InChI is InChI=1S/C18H25NO2/c1-12-3-6-17(21-2)15(9-12)7-8-19-18(20)16-11-13-4-5-14(16)10-13/h3,6,9,13-14,16H,4-5,7-8,10-11H2,1-2H3,(H,19,20). The fourth-order valence-electron chi connectivity index (χ4n) is 4.12. The van der Waals surface area contributed by atoms with Crippen molar-refractivity contribution >= 4 is 5.91 Å². The van der Waals surface area contributed by atoms with Gasteiger partial charge in [0, 0.05) is 12.5 Å². The minimum absolute atomic E-state index is 0.272. The Morgan fingerprint density at radius 1 is 1.33 bits per heavy atom. The van der Waals surface area contributed by atoms with Gasteiger partial charge < -0.3 is 10.1 Å². The lowest BCUT2D eigenvalue weighted by molar-refractivity contribution is -0.126. The number of benzene rings is 1. The summed E-state index contributed by atoms with van der Waals surface area (Å²) in [4.78, 5) is 12.3. The molecule has 114 valence electrons. The van der Waals surface area contributed by atoms with E-state index in [2.05, 4.69) is 24.4 Å². The molecule has 1 N–H and O–H groups in total. The maximum absolute atomic E-state index is 12.3. The van der Waals surface area contributed by atoms with E-state index < -0.39 is 0 Å². The molecule has 2 fully saturated rings. The molecule has 2 aliphatic carbocycles. The van der Waals surface area contributed by atoms with Gasteiger partial charge in [-0.3, -0.25) is 4.79 Å². The normalized spacial score (nSPS) is 26.9. The molecule has 3 unspecified atom stereocenters. The summed E-state index contributed by atoms with van der Waals surface area (Å²) < 4.78 is 5.39. The first-order chi connectivity index (χ1) is 10.2. The van der Waals surface area contributed by atoms with Crippen LogP contribution in [0.25, 0.3) is 0 Å². The Balaban J connectivity index is 1.52. The smallest absolute Gasteiger partial charge is 0.223 e. The van der Waals surface area contributed by atoms with E-state index in [-0.39, 0.29) is 11.8 Å². The number of ether oxygens (including phenoxy) is 1. The van der Waals surface area contributed by atoms with Crippen LogP contribution in [0.1, 0.15) is 36.8 Å². The number of carbonyl (C=O) groups is 1. The van der Waals surface area contributed by atoms with Crippen molar-refractivity contribution in [3.63, 3.8) is 0 Å². The molecule has 0 radical (unpaired) electrons. The molecule has 0 aliphatic heterocycles. The Kier molecular flexibility index (Phi) is 4.18. The van der Waals surface area contributed by atoms with Crippen molar-refractivity contribution in [2.45, 2.75) is 39.0 Å². The summed E-state index contributed by atoms with van der Waals surface area (Å²) in [5, 5.41) is 3.13. The van der Waals surface area contributed by atoms with Crippen LogP contribution in [0, 0.1) is 24.7 Å². The Morgan fingerprint density at radius 3 is 2.86 bits per heavy atom. The summed E-state index contributed by atoms with van der Waals surface area (Å²) in [6.07, 6.45) is 5.83. The molecule has 0 spiro atoms. The molecule has 3 atom stereocenters. The van der Waals surface area contributed by atoms with Crippen LogP contribution in [0.2, 0.25) is 0 Å². The van der Waals surface area contributed by atoms with Gasteiger partial charge in [-0.1, -0.05) is 24.1 Å². The fraction of sp³-hybridized carbons (Fsp3) is 0.611. The van der Waals surface area contributed by atoms with Crippen molar-refractivity contribution in [3.8, 4) is 5.75 Å². The SMILES string of the molecule is COc1ccc(C)cc1CCNC(=O)C1CC2CCC1C2. The summed E-state index contributed by atoms with van der Waals surface area (Å²) in [6, 6.07) is 6.20. The van der Waals surface area contributed by atoms with Gasteiger partial charge in [-0.15, -0.1) is 0 Å². The van der Waals surface area contributed by atoms with Gasteiger partial charge in [0.25, 0.3) is 0 Å². The van der Waals surface area contributed by atoms with Crippen LogP contribution in [0.5, 0.6) is 5.75 Å². The summed E-state index contributed by atoms with van der Waals surface area (Å²) >= 11 is 0. The van der Waals surface area contributed by atoms with Crippen LogP contribution in [0.4, 0.5) is 0 Å². The summed E-state index contributed by atoms with van der Waals surface area (Å²) in [7, 11) is 1.70. The summed E-state index contributed by atoms with van der Waals surface area (Å²) in [6.45, 7) is 2.78. The van der Waals surface area contributed by atoms with E-state index in [1.165, 1.54) is 30.4 Å². The molecule has 1 amide bonds. The van der Waals surface area contributed by atoms with Crippen molar-refractivity contribution in [3.05, 3.63) is 29.3 Å². The van der Waals surface area contributed by atoms with Crippen LogP contribution >= 0.6 is 0 Å². The van der Waals surface area contributed by atoms with Gasteiger partial charge in [0.15, 0.2) is 0 Å². The van der Waals surface area contributed by atoms with Crippen LogP contribution in [0.3, 0.4) is 0 Å². The van der Waals surface area contributed by atoms with Crippen molar-refractivity contribution in [2.24, 2.45) is 17.8 Å². The predicted molar refractivity (Wildman–Crippen MR) is 83.4 cm³/mol. The highest BCUT2D eigenvalue weighted by Gasteiger charge is 2.42. The molecule has 21 heavy (non-hydrogen) atoms. The maximum Gasteiger partial charge on any atom is 0.223 e. The molecule has 2 aliphatic rings. The maximum atomic E-state index is 12.3. The predicted octanol–water partition coefficient (Wildman–Crippen LogP) is 3.10. The van der Waals surface area contributed by atoms with Crippen molar-refractivity contribution in [1.82, 2.24) is 5.32 Å². The Hall–Kier alpha value is -1.51. The monoisotopic (exact) mass is 287 g/mol. The number of hydrogen-bond acceptors (Lipinski definition) is 2. The molecule has 2 bridgehead atoms. The number of fused-ring (bicyclic) bond motifs is 2. The molecule has 1 aromatic rings. The lowest BCUT2D eigenvalue weighted by Gasteiger charge is -2.21. The molecule has 0 saturated heterocycles. The van der Waals surface area contributed by atoms with E-state index in [1.807, 2.05) is 6.07 Å². The second-order valence-electron chi connectivity index (χ2n) is 6.64. The number of aryl methyl sites for hydroxylation is 1. The van der Waals surface area contributed by atoms with Crippen LogP contribution in [-0.4, -0.2) is 19.6 Å². The quantitative estimate of drug-likeness (QED) is 0.903. The van der Waals surface area contributed by atoms with Crippen molar-refractivity contribution in [2.75, 3.05) is 13.7 Å². The topological polar surface area (TPSA) is 38.3 Å². The lowest BCUT2D eigenvalue weighted by atomic mass is 9.88. The van der Waals surface area contributed by atoms with E-state index in [4.69, 9.17) is 4.74 Å². The van der Waals surface area contributed by atoms with E-state index in [1.54, 1.807) is 7.11 Å². The molecule has 0 heterocycles. The summed E-state index contributed by atoms with van der Waals surface area (Å²) in [5.41, 5.74) is 2.40. The third-order valence-electron chi connectivity index (χ3n) is 5.20. The third-order valence-corrected chi connectivity index (χ3v) is 5.20. The number of carbonyl (C=O) groups excluding carboxylic acids is 1. The zero-order chi connectivity index (χ0) is 14.8.